The molecule has 0 amide bonds. The van der Waals surface area contributed by atoms with Crippen molar-refractivity contribution in [3.05, 3.63) is 121 Å². The van der Waals surface area contributed by atoms with Crippen molar-refractivity contribution in [3.63, 3.8) is 0 Å². The van der Waals surface area contributed by atoms with Gasteiger partial charge in [-0.3, -0.25) is 0 Å². The molecule has 0 nitrogen and oxygen atoms in total. The van der Waals surface area contributed by atoms with Gasteiger partial charge in [0.25, 0.3) is 0 Å². The molecular weight excluding hydrogens is 410 g/mol. The van der Waals surface area contributed by atoms with Crippen LogP contribution in [-0.4, -0.2) is 4.36 Å². The molecule has 0 heterocycles. The SMILES string of the molecule is CC(Cl)(P(c1ccccc1)c1ccccc1)P(c1ccccc1)c1ccccc1. The first-order chi connectivity index (χ1) is 14.2. The van der Waals surface area contributed by atoms with Gasteiger partial charge in [0.2, 0.25) is 0 Å². The molecule has 0 atom stereocenters. The molecule has 3 heteroatoms. The lowest BCUT2D eigenvalue weighted by Gasteiger charge is -2.40. The maximum absolute atomic E-state index is 7.66. The molecule has 0 saturated carbocycles. The molecule has 0 spiro atoms. The highest BCUT2D eigenvalue weighted by molar-refractivity contribution is 7.93. The van der Waals surface area contributed by atoms with Crippen molar-refractivity contribution in [1.82, 2.24) is 0 Å². The number of rotatable bonds is 6. The van der Waals surface area contributed by atoms with Crippen LogP contribution >= 0.6 is 27.4 Å². The van der Waals surface area contributed by atoms with Crippen LogP contribution in [0.1, 0.15) is 6.92 Å². The maximum Gasteiger partial charge on any atom is 0.0967 e. The largest absolute Gasteiger partial charge is 0.108 e. The predicted molar refractivity (Wildman–Crippen MR) is 132 cm³/mol. The molecule has 144 valence electrons. The Hall–Kier alpha value is -1.97. The molecule has 0 aliphatic carbocycles. The predicted octanol–water partition coefficient (Wildman–Crippen LogP) is 6.16. The standard InChI is InChI=1S/C26H23ClP2/c1-26(27,28(22-14-6-2-7-15-22)23-16-8-3-9-17-23)29(24-18-10-4-11-19-24)25-20-12-5-13-21-25/h2-21H,1H3. The van der Waals surface area contributed by atoms with Crippen molar-refractivity contribution in [2.75, 3.05) is 0 Å². The second-order valence-corrected chi connectivity index (χ2v) is 13.8. The molecule has 0 unspecified atom stereocenters. The van der Waals surface area contributed by atoms with Gasteiger partial charge < -0.3 is 0 Å². The Kier molecular flexibility index (Phi) is 6.46. The summed E-state index contributed by atoms with van der Waals surface area (Å²) >= 11 is 7.66. The summed E-state index contributed by atoms with van der Waals surface area (Å²) < 4.78 is -0.448. The summed E-state index contributed by atoms with van der Waals surface area (Å²) in [4.78, 5) is 0. The summed E-state index contributed by atoms with van der Waals surface area (Å²) in [5.74, 6) is 0. The van der Waals surface area contributed by atoms with E-state index >= 15 is 0 Å². The number of halogens is 1. The molecule has 0 N–H and O–H groups in total. The van der Waals surface area contributed by atoms with Crippen LogP contribution in [0.25, 0.3) is 0 Å². The van der Waals surface area contributed by atoms with Crippen LogP contribution in [0.2, 0.25) is 0 Å². The third-order valence-electron chi connectivity index (χ3n) is 4.87. The van der Waals surface area contributed by atoms with Gasteiger partial charge in [0.1, 0.15) is 0 Å². The van der Waals surface area contributed by atoms with Gasteiger partial charge in [-0.1, -0.05) is 121 Å². The van der Waals surface area contributed by atoms with Gasteiger partial charge in [0.15, 0.2) is 0 Å². The van der Waals surface area contributed by atoms with Gasteiger partial charge in [0.05, 0.1) is 4.36 Å². The molecule has 29 heavy (non-hydrogen) atoms. The van der Waals surface area contributed by atoms with E-state index in [0.717, 1.165) is 0 Å². The van der Waals surface area contributed by atoms with Crippen LogP contribution < -0.4 is 21.2 Å². The number of alkyl halides is 1. The summed E-state index contributed by atoms with van der Waals surface area (Å²) in [7, 11) is -1.57. The first-order valence-electron chi connectivity index (χ1n) is 9.67. The number of hydrogen-bond donors (Lipinski definition) is 0. The van der Waals surface area contributed by atoms with E-state index in [-0.39, 0.29) is 0 Å². The number of benzene rings is 4. The van der Waals surface area contributed by atoms with E-state index in [1.165, 1.54) is 21.2 Å². The minimum atomic E-state index is -0.787. The molecule has 0 saturated heterocycles. The van der Waals surface area contributed by atoms with E-state index in [2.05, 4.69) is 128 Å². The van der Waals surface area contributed by atoms with Crippen LogP contribution in [0.5, 0.6) is 0 Å². The average Bonchev–Trinajstić information content (AvgIpc) is 2.77. The summed E-state index contributed by atoms with van der Waals surface area (Å²) in [5, 5.41) is 5.24. The molecule has 0 aliphatic rings. The van der Waals surface area contributed by atoms with E-state index < -0.39 is 20.2 Å². The maximum atomic E-state index is 7.66. The Bertz CT molecular complexity index is 855. The van der Waals surface area contributed by atoms with E-state index in [1.807, 2.05) is 0 Å². The molecule has 4 aromatic carbocycles. The van der Waals surface area contributed by atoms with Crippen molar-refractivity contribution < 1.29 is 0 Å². The van der Waals surface area contributed by atoms with Crippen molar-refractivity contribution in [2.24, 2.45) is 0 Å². The van der Waals surface area contributed by atoms with Crippen LogP contribution in [0, 0.1) is 0 Å². The second kappa shape index (κ2) is 9.23. The van der Waals surface area contributed by atoms with Crippen molar-refractivity contribution in [2.45, 2.75) is 11.3 Å². The average molecular weight is 433 g/mol. The third kappa shape index (κ3) is 4.46. The minimum Gasteiger partial charge on any atom is -0.108 e. The fourth-order valence-corrected chi connectivity index (χ4v) is 11.4. The highest BCUT2D eigenvalue weighted by atomic mass is 35.5. The lowest BCUT2D eigenvalue weighted by atomic mass is 10.4. The highest BCUT2D eigenvalue weighted by Gasteiger charge is 2.42. The Morgan fingerprint density at radius 1 is 0.448 bits per heavy atom. The molecule has 0 aliphatic heterocycles. The summed E-state index contributed by atoms with van der Waals surface area (Å²) in [6.45, 7) is 2.24. The van der Waals surface area contributed by atoms with Crippen LogP contribution in [0.4, 0.5) is 0 Å². The summed E-state index contributed by atoms with van der Waals surface area (Å²) in [6, 6.07) is 43.0. The zero-order chi connectivity index (χ0) is 20.1. The molecule has 4 rings (SSSR count). The van der Waals surface area contributed by atoms with Crippen LogP contribution in [0.3, 0.4) is 0 Å². The second-order valence-electron chi connectivity index (χ2n) is 6.92. The lowest BCUT2D eigenvalue weighted by Crippen LogP contribution is -2.32. The van der Waals surface area contributed by atoms with Crippen LogP contribution in [0.15, 0.2) is 121 Å². The first kappa shape index (κ1) is 20.3. The fraction of sp³-hybridized carbons (Fsp3) is 0.0769. The third-order valence-corrected chi connectivity index (χ3v) is 12.0. The normalized spacial score (nSPS) is 11.7. The zero-order valence-electron chi connectivity index (χ0n) is 16.3. The van der Waals surface area contributed by atoms with E-state index in [4.69, 9.17) is 11.6 Å². The van der Waals surface area contributed by atoms with Gasteiger partial charge in [-0.15, -0.1) is 11.6 Å². The minimum absolute atomic E-state index is 0.448. The monoisotopic (exact) mass is 432 g/mol. The van der Waals surface area contributed by atoms with E-state index in [9.17, 15) is 0 Å². The zero-order valence-corrected chi connectivity index (χ0v) is 18.9. The van der Waals surface area contributed by atoms with Gasteiger partial charge in [-0.05, 0) is 44.0 Å². The lowest BCUT2D eigenvalue weighted by molar-refractivity contribution is 1.27. The van der Waals surface area contributed by atoms with Gasteiger partial charge in [0, 0.05) is 0 Å². The van der Waals surface area contributed by atoms with Gasteiger partial charge in [-0.2, -0.15) is 0 Å². The molecule has 4 aromatic rings. The Morgan fingerprint density at radius 3 is 0.862 bits per heavy atom. The Labute approximate surface area is 181 Å². The highest BCUT2D eigenvalue weighted by Crippen LogP contribution is 2.67. The molecule has 0 bridgehead atoms. The van der Waals surface area contributed by atoms with Gasteiger partial charge >= 0.3 is 0 Å². The van der Waals surface area contributed by atoms with Gasteiger partial charge in [-0.25, -0.2) is 0 Å². The smallest absolute Gasteiger partial charge is 0.0967 e. The van der Waals surface area contributed by atoms with E-state index in [0.29, 0.717) is 0 Å². The Morgan fingerprint density at radius 2 is 0.655 bits per heavy atom. The topological polar surface area (TPSA) is 0 Å². The van der Waals surface area contributed by atoms with Crippen molar-refractivity contribution in [3.8, 4) is 0 Å². The summed E-state index contributed by atoms with van der Waals surface area (Å²) in [6.07, 6.45) is 0. The molecule has 0 radical (unpaired) electrons. The van der Waals surface area contributed by atoms with E-state index in [1.54, 1.807) is 0 Å². The van der Waals surface area contributed by atoms with Crippen LogP contribution in [-0.2, 0) is 0 Å². The number of hydrogen-bond acceptors (Lipinski definition) is 0. The van der Waals surface area contributed by atoms with Crippen molar-refractivity contribution in [1.29, 1.82) is 0 Å². The Balaban J connectivity index is 1.91. The van der Waals surface area contributed by atoms with Crippen molar-refractivity contribution >= 4 is 48.7 Å². The first-order valence-corrected chi connectivity index (χ1v) is 12.7. The fourth-order valence-electron chi connectivity index (χ4n) is 3.65. The summed E-state index contributed by atoms with van der Waals surface area (Å²) in [5.41, 5.74) is 0. The molecular formula is C26H23ClP2. The molecule has 0 aromatic heterocycles. The molecule has 0 fully saturated rings. The quantitative estimate of drug-likeness (QED) is 0.253.